The SMILES string of the molecule is CC(NC(NCC1=CC=CCC1)C1=CCCC=C1)C1=CCCC=C1. The molecule has 2 heteroatoms. The molecule has 2 N–H and O–H groups in total. The highest BCUT2D eigenvalue weighted by Crippen LogP contribution is 2.18. The molecule has 0 spiro atoms. The quantitative estimate of drug-likeness (QED) is 0.663. The standard InChI is InChI=1S/C22H30N2/c1-18(20-13-7-3-8-14-20)24-22(21-15-9-4-10-16-21)23-17-19-11-5-2-6-12-19/h2,5,7,9,11,13-16,18,22-24H,3-4,6,8,10,12,17H2,1H3. The fourth-order valence-electron chi connectivity index (χ4n) is 3.45. The van der Waals surface area contributed by atoms with Crippen molar-refractivity contribution in [3.05, 3.63) is 71.4 Å². The Balaban J connectivity index is 1.65. The average molecular weight is 322 g/mol. The van der Waals surface area contributed by atoms with Crippen LogP contribution in [-0.4, -0.2) is 18.8 Å². The summed E-state index contributed by atoms with van der Waals surface area (Å²) in [6.07, 6.45) is 27.8. The van der Waals surface area contributed by atoms with Crippen LogP contribution in [0.1, 0.15) is 45.4 Å². The number of nitrogens with one attached hydrogen (secondary N) is 2. The average Bonchev–Trinajstić information content (AvgIpc) is 2.67. The smallest absolute Gasteiger partial charge is 0.0839 e. The Morgan fingerprint density at radius 2 is 1.67 bits per heavy atom. The van der Waals surface area contributed by atoms with E-state index >= 15 is 0 Å². The van der Waals surface area contributed by atoms with E-state index in [0.29, 0.717) is 6.04 Å². The maximum Gasteiger partial charge on any atom is 0.0839 e. The molecule has 2 atom stereocenters. The minimum absolute atomic E-state index is 0.208. The van der Waals surface area contributed by atoms with Crippen LogP contribution in [0.2, 0.25) is 0 Å². The van der Waals surface area contributed by atoms with Crippen LogP contribution >= 0.6 is 0 Å². The molecule has 0 saturated heterocycles. The van der Waals surface area contributed by atoms with Crippen LogP contribution < -0.4 is 10.6 Å². The number of hydrogen-bond donors (Lipinski definition) is 2. The summed E-state index contributed by atoms with van der Waals surface area (Å²) in [5.41, 5.74) is 4.28. The highest BCUT2D eigenvalue weighted by Gasteiger charge is 2.18. The maximum absolute atomic E-state index is 3.80. The van der Waals surface area contributed by atoms with Crippen LogP contribution in [0.3, 0.4) is 0 Å². The molecule has 24 heavy (non-hydrogen) atoms. The summed E-state index contributed by atoms with van der Waals surface area (Å²) >= 11 is 0. The van der Waals surface area contributed by atoms with Gasteiger partial charge in [-0.15, -0.1) is 0 Å². The number of allylic oxidation sites excluding steroid dienone is 7. The lowest BCUT2D eigenvalue weighted by Gasteiger charge is -2.28. The van der Waals surface area contributed by atoms with Crippen molar-refractivity contribution in [3.63, 3.8) is 0 Å². The van der Waals surface area contributed by atoms with Gasteiger partial charge in [0.25, 0.3) is 0 Å². The Labute approximate surface area is 146 Å². The van der Waals surface area contributed by atoms with Crippen molar-refractivity contribution in [1.82, 2.24) is 10.6 Å². The monoisotopic (exact) mass is 322 g/mol. The Bertz CT molecular complexity index is 601. The fraction of sp³-hybridized carbons (Fsp3) is 0.455. The summed E-state index contributed by atoms with van der Waals surface area (Å²) in [5, 5.41) is 7.55. The summed E-state index contributed by atoms with van der Waals surface area (Å²) in [5.74, 6) is 0. The normalized spacial score (nSPS) is 22.6. The van der Waals surface area contributed by atoms with Gasteiger partial charge in [-0.1, -0.05) is 60.3 Å². The van der Waals surface area contributed by atoms with Crippen LogP contribution in [-0.2, 0) is 0 Å². The molecule has 2 nitrogen and oxygen atoms in total. The lowest BCUT2D eigenvalue weighted by molar-refractivity contribution is 0.460. The second-order valence-corrected chi connectivity index (χ2v) is 6.86. The molecule has 0 bridgehead atoms. The fourth-order valence-corrected chi connectivity index (χ4v) is 3.45. The minimum Gasteiger partial charge on any atom is -0.294 e. The van der Waals surface area contributed by atoms with Gasteiger partial charge < -0.3 is 0 Å². The van der Waals surface area contributed by atoms with Crippen molar-refractivity contribution in [2.24, 2.45) is 0 Å². The Kier molecular flexibility index (Phi) is 6.45. The van der Waals surface area contributed by atoms with Gasteiger partial charge in [0.2, 0.25) is 0 Å². The van der Waals surface area contributed by atoms with E-state index in [0.717, 1.165) is 25.8 Å². The second kappa shape index (κ2) is 9.00. The Hall–Kier alpha value is -1.64. The molecular weight excluding hydrogens is 292 g/mol. The predicted molar refractivity (Wildman–Crippen MR) is 104 cm³/mol. The highest BCUT2D eigenvalue weighted by atomic mass is 15.1. The topological polar surface area (TPSA) is 24.1 Å². The summed E-state index contributed by atoms with van der Waals surface area (Å²) in [6.45, 7) is 3.22. The third-order valence-electron chi connectivity index (χ3n) is 4.93. The van der Waals surface area contributed by atoms with E-state index in [-0.39, 0.29) is 6.17 Å². The van der Waals surface area contributed by atoms with Gasteiger partial charge in [-0.3, -0.25) is 10.6 Å². The van der Waals surface area contributed by atoms with Crippen molar-refractivity contribution in [1.29, 1.82) is 0 Å². The largest absolute Gasteiger partial charge is 0.294 e. The van der Waals surface area contributed by atoms with Gasteiger partial charge in [0.05, 0.1) is 6.17 Å². The summed E-state index contributed by atoms with van der Waals surface area (Å²) in [4.78, 5) is 0. The van der Waals surface area contributed by atoms with Gasteiger partial charge in [0, 0.05) is 12.6 Å². The number of rotatable bonds is 7. The van der Waals surface area contributed by atoms with Crippen LogP contribution in [0, 0.1) is 0 Å². The van der Waals surface area contributed by atoms with Crippen molar-refractivity contribution < 1.29 is 0 Å². The Morgan fingerprint density at radius 1 is 0.917 bits per heavy atom. The zero-order valence-corrected chi connectivity index (χ0v) is 14.8. The van der Waals surface area contributed by atoms with Gasteiger partial charge >= 0.3 is 0 Å². The molecule has 0 aliphatic heterocycles. The van der Waals surface area contributed by atoms with E-state index in [2.05, 4.69) is 72.2 Å². The summed E-state index contributed by atoms with van der Waals surface area (Å²) in [7, 11) is 0. The first-order valence-corrected chi connectivity index (χ1v) is 9.40. The molecule has 0 aromatic rings. The first-order valence-electron chi connectivity index (χ1n) is 9.40. The molecule has 0 aromatic carbocycles. The number of hydrogen-bond acceptors (Lipinski definition) is 2. The van der Waals surface area contributed by atoms with Crippen molar-refractivity contribution >= 4 is 0 Å². The molecule has 0 aromatic heterocycles. The van der Waals surface area contributed by atoms with Gasteiger partial charge in [-0.05, 0) is 56.6 Å². The molecule has 128 valence electrons. The van der Waals surface area contributed by atoms with E-state index in [1.807, 2.05) is 0 Å². The third kappa shape index (κ3) is 4.93. The van der Waals surface area contributed by atoms with E-state index in [1.54, 1.807) is 0 Å². The van der Waals surface area contributed by atoms with E-state index in [4.69, 9.17) is 0 Å². The van der Waals surface area contributed by atoms with Crippen LogP contribution in [0.4, 0.5) is 0 Å². The van der Waals surface area contributed by atoms with E-state index in [1.165, 1.54) is 36.0 Å². The first kappa shape index (κ1) is 17.2. The third-order valence-corrected chi connectivity index (χ3v) is 4.93. The molecule has 3 aliphatic carbocycles. The van der Waals surface area contributed by atoms with Crippen LogP contribution in [0.5, 0.6) is 0 Å². The van der Waals surface area contributed by atoms with Crippen LogP contribution in [0.25, 0.3) is 0 Å². The molecule has 0 fully saturated rings. The predicted octanol–water partition coefficient (Wildman–Crippen LogP) is 4.71. The zero-order chi connectivity index (χ0) is 16.6. The summed E-state index contributed by atoms with van der Waals surface area (Å²) in [6, 6.07) is 0.357. The van der Waals surface area contributed by atoms with Crippen LogP contribution in [0.15, 0.2) is 71.4 Å². The van der Waals surface area contributed by atoms with Crippen molar-refractivity contribution in [3.8, 4) is 0 Å². The van der Waals surface area contributed by atoms with E-state index < -0.39 is 0 Å². The molecule has 3 aliphatic rings. The van der Waals surface area contributed by atoms with E-state index in [9.17, 15) is 0 Å². The van der Waals surface area contributed by atoms with Gasteiger partial charge in [-0.25, -0.2) is 0 Å². The van der Waals surface area contributed by atoms with Gasteiger partial charge in [-0.2, -0.15) is 0 Å². The van der Waals surface area contributed by atoms with Crippen molar-refractivity contribution in [2.45, 2.75) is 57.7 Å². The van der Waals surface area contributed by atoms with Crippen molar-refractivity contribution in [2.75, 3.05) is 6.54 Å². The maximum atomic E-state index is 3.80. The van der Waals surface area contributed by atoms with Gasteiger partial charge in [0.1, 0.15) is 0 Å². The lowest BCUT2D eigenvalue weighted by atomic mass is 9.99. The zero-order valence-electron chi connectivity index (χ0n) is 14.8. The first-order chi connectivity index (χ1) is 11.8. The summed E-state index contributed by atoms with van der Waals surface area (Å²) < 4.78 is 0. The highest BCUT2D eigenvalue weighted by molar-refractivity contribution is 5.31. The molecule has 0 saturated carbocycles. The Morgan fingerprint density at radius 3 is 2.29 bits per heavy atom. The van der Waals surface area contributed by atoms with Gasteiger partial charge in [0.15, 0.2) is 0 Å². The molecule has 0 heterocycles. The minimum atomic E-state index is 0.208. The molecular formula is C22H30N2. The molecule has 2 unspecified atom stereocenters. The lowest BCUT2D eigenvalue weighted by Crippen LogP contribution is -2.48. The second-order valence-electron chi connectivity index (χ2n) is 6.86. The molecule has 0 amide bonds. The molecule has 3 rings (SSSR count). The molecule has 0 radical (unpaired) electrons.